The first kappa shape index (κ1) is 31.2. The highest BCUT2D eigenvalue weighted by Gasteiger charge is 2.74. The fourth-order valence-electron chi connectivity index (χ4n) is 6.87. The number of hydrogen-bond acceptors (Lipinski definition) is 7. The van der Waals surface area contributed by atoms with Crippen LogP contribution in [0.15, 0.2) is 49.6 Å². The molecule has 1 spiro atoms. The fourth-order valence-corrected chi connectivity index (χ4v) is 9.06. The van der Waals surface area contributed by atoms with E-state index in [1.807, 2.05) is 32.1 Å². The number of thioether (sulfide) groups is 1. The van der Waals surface area contributed by atoms with Gasteiger partial charge in [0.15, 0.2) is 0 Å². The minimum Gasteiger partial charge on any atom is -0.497 e. The predicted octanol–water partition coefficient (Wildman–Crippen LogP) is 4.61. The summed E-state index contributed by atoms with van der Waals surface area (Å²) in [4.78, 5) is 45.8. The summed E-state index contributed by atoms with van der Waals surface area (Å²) >= 11 is 1.61. The van der Waals surface area contributed by atoms with Crippen LogP contribution in [-0.4, -0.2) is 76.7 Å². The number of likely N-dealkylation sites (tertiary alicyclic amines) is 1. The Hall–Kier alpha value is -2.78. The van der Waals surface area contributed by atoms with Gasteiger partial charge >= 0.3 is 5.97 Å². The lowest BCUT2D eigenvalue weighted by atomic mass is 9.71. The quantitative estimate of drug-likeness (QED) is 0.183. The Morgan fingerprint density at radius 1 is 1.22 bits per heavy atom. The molecule has 0 saturated carbocycles. The van der Waals surface area contributed by atoms with E-state index in [1.165, 1.54) is 0 Å². The van der Waals surface area contributed by atoms with Crippen molar-refractivity contribution in [3.8, 4) is 5.75 Å². The number of anilines is 1. The molecular weight excluding hydrogens is 540 g/mol. The van der Waals surface area contributed by atoms with Gasteiger partial charge in [-0.25, -0.2) is 0 Å². The molecule has 1 aromatic carbocycles. The first-order valence-corrected chi connectivity index (χ1v) is 15.6. The van der Waals surface area contributed by atoms with Gasteiger partial charge in [-0.3, -0.25) is 14.4 Å². The van der Waals surface area contributed by atoms with Crippen molar-refractivity contribution < 1.29 is 29.0 Å². The molecule has 3 fully saturated rings. The number of nitrogens with zero attached hydrogens (tertiary/aromatic N) is 2. The average Bonchev–Trinajstić information content (AvgIpc) is 3.61. The molecule has 4 rings (SSSR count). The van der Waals surface area contributed by atoms with E-state index in [9.17, 15) is 19.5 Å². The second-order valence-electron chi connectivity index (χ2n) is 11.7. The number of methoxy groups -OCH3 is 1. The van der Waals surface area contributed by atoms with Gasteiger partial charge in [0.2, 0.25) is 5.91 Å². The molecule has 41 heavy (non-hydrogen) atoms. The van der Waals surface area contributed by atoms with Crippen molar-refractivity contribution in [2.24, 2.45) is 17.8 Å². The normalized spacial score (nSPS) is 27.0. The van der Waals surface area contributed by atoms with Gasteiger partial charge in [0.1, 0.15) is 11.8 Å². The Morgan fingerprint density at radius 2 is 1.95 bits per heavy atom. The van der Waals surface area contributed by atoms with Crippen LogP contribution in [0.5, 0.6) is 5.75 Å². The number of esters is 1. The largest absolute Gasteiger partial charge is 0.497 e. The van der Waals surface area contributed by atoms with Crippen LogP contribution in [0.1, 0.15) is 52.4 Å². The van der Waals surface area contributed by atoms with E-state index >= 15 is 0 Å². The van der Waals surface area contributed by atoms with Crippen molar-refractivity contribution in [1.82, 2.24) is 4.90 Å². The van der Waals surface area contributed by atoms with Crippen molar-refractivity contribution in [3.05, 3.63) is 49.6 Å². The number of allylic oxidation sites excluding steroid dienone is 1. The van der Waals surface area contributed by atoms with Crippen molar-refractivity contribution in [2.45, 2.75) is 74.5 Å². The Morgan fingerprint density at radius 3 is 2.56 bits per heavy atom. The van der Waals surface area contributed by atoms with Crippen LogP contribution in [0, 0.1) is 17.8 Å². The van der Waals surface area contributed by atoms with Crippen LogP contribution in [0.25, 0.3) is 0 Å². The molecule has 2 bridgehead atoms. The summed E-state index contributed by atoms with van der Waals surface area (Å²) in [5, 5.41) is 10.4. The fraction of sp³-hybridized carbons (Fsp3) is 0.594. The number of hydrogen-bond donors (Lipinski definition) is 1. The third-order valence-corrected chi connectivity index (χ3v) is 10.6. The topological polar surface area (TPSA) is 96.4 Å². The van der Waals surface area contributed by atoms with Gasteiger partial charge in [0.05, 0.1) is 42.9 Å². The molecule has 6 atom stereocenters. The summed E-state index contributed by atoms with van der Waals surface area (Å²) in [5.74, 6) is -1.20. The zero-order chi connectivity index (χ0) is 29.7. The molecule has 1 aromatic rings. The molecule has 2 amide bonds. The summed E-state index contributed by atoms with van der Waals surface area (Å²) in [6, 6.07) is 5.87. The van der Waals surface area contributed by atoms with Crippen molar-refractivity contribution in [1.29, 1.82) is 0 Å². The third-order valence-electron chi connectivity index (χ3n) is 8.60. The number of aliphatic hydroxyl groups excluding tert-OH is 1. The van der Waals surface area contributed by atoms with Crippen LogP contribution in [0.2, 0.25) is 0 Å². The number of amides is 2. The monoisotopic (exact) mass is 584 g/mol. The number of fused-ring (bicyclic) bond motifs is 1. The molecule has 9 heteroatoms. The first-order chi connectivity index (χ1) is 19.7. The second kappa shape index (κ2) is 13.5. The average molecular weight is 585 g/mol. The van der Waals surface area contributed by atoms with Crippen molar-refractivity contribution >= 4 is 35.2 Å². The van der Waals surface area contributed by atoms with E-state index in [0.29, 0.717) is 30.9 Å². The van der Waals surface area contributed by atoms with E-state index in [-0.39, 0.29) is 42.1 Å². The number of unbranched alkanes of at least 4 members (excludes halogenated alkanes) is 2. The summed E-state index contributed by atoms with van der Waals surface area (Å²) in [6.07, 6.45) is 7.92. The smallest absolute Gasteiger partial charge is 0.310 e. The zero-order valence-electron chi connectivity index (χ0n) is 24.5. The van der Waals surface area contributed by atoms with Gasteiger partial charge in [-0.15, -0.1) is 24.9 Å². The minimum atomic E-state index is -0.821. The molecule has 3 heterocycles. The van der Waals surface area contributed by atoms with Crippen LogP contribution in [0.4, 0.5) is 5.69 Å². The van der Waals surface area contributed by atoms with Gasteiger partial charge in [-0.2, -0.15) is 0 Å². The molecule has 2 unspecified atom stereocenters. The lowest BCUT2D eigenvalue weighted by Crippen LogP contribution is -2.57. The standard InChI is InChI=1S/C32H44N2O6S/c1-6-8-9-10-18-40-31(38)26-25-15-16-32(41-25)27(26)29(36)34(23(20-35)19-21(3)4)28(32)30(37)33(17-7-2)22-11-13-24(39-5)14-12-22/h6-7,11-14,21,23,25-28,35H,1-2,8-10,15-20H2,3-5H3/t23-,25-,26+,27+,28?,32?/m1/s1. The Kier molecular flexibility index (Phi) is 10.2. The van der Waals surface area contributed by atoms with E-state index < -0.39 is 28.7 Å². The predicted molar refractivity (Wildman–Crippen MR) is 162 cm³/mol. The Balaban J connectivity index is 1.71. The molecule has 0 aromatic heterocycles. The summed E-state index contributed by atoms with van der Waals surface area (Å²) in [5.41, 5.74) is 0.667. The summed E-state index contributed by atoms with van der Waals surface area (Å²) in [7, 11) is 1.59. The maximum atomic E-state index is 14.7. The molecule has 224 valence electrons. The Bertz CT molecular complexity index is 1120. The van der Waals surface area contributed by atoms with E-state index in [2.05, 4.69) is 13.2 Å². The zero-order valence-corrected chi connectivity index (χ0v) is 25.3. The minimum absolute atomic E-state index is 0.0754. The summed E-state index contributed by atoms with van der Waals surface area (Å²) < 4.78 is 10.3. The van der Waals surface area contributed by atoms with Crippen LogP contribution >= 0.6 is 11.8 Å². The summed E-state index contributed by atoms with van der Waals surface area (Å²) in [6.45, 7) is 12.0. The highest BCUT2D eigenvalue weighted by atomic mass is 32.2. The van der Waals surface area contributed by atoms with Gasteiger partial charge in [-0.05, 0) is 68.7 Å². The van der Waals surface area contributed by atoms with Gasteiger partial charge in [-0.1, -0.05) is 26.0 Å². The van der Waals surface area contributed by atoms with Crippen molar-refractivity contribution in [2.75, 3.05) is 31.8 Å². The number of rotatable bonds is 15. The lowest BCUT2D eigenvalue weighted by Gasteiger charge is -2.40. The third kappa shape index (κ3) is 5.93. The van der Waals surface area contributed by atoms with Crippen molar-refractivity contribution in [3.63, 3.8) is 0 Å². The molecule has 3 saturated heterocycles. The number of carbonyl (C=O) groups excluding carboxylic acids is 3. The van der Waals surface area contributed by atoms with E-state index in [4.69, 9.17) is 9.47 Å². The number of carbonyl (C=O) groups is 3. The number of benzene rings is 1. The van der Waals surface area contributed by atoms with Gasteiger partial charge in [0.25, 0.3) is 5.91 Å². The molecule has 8 nitrogen and oxygen atoms in total. The van der Waals surface area contributed by atoms with Gasteiger partial charge < -0.3 is 24.4 Å². The first-order valence-electron chi connectivity index (χ1n) is 14.7. The van der Waals surface area contributed by atoms with E-state index in [0.717, 1.165) is 25.7 Å². The Labute approximate surface area is 248 Å². The second-order valence-corrected chi connectivity index (χ2v) is 13.3. The van der Waals surface area contributed by atoms with Crippen LogP contribution in [-0.2, 0) is 19.1 Å². The van der Waals surface area contributed by atoms with Crippen LogP contribution < -0.4 is 9.64 Å². The molecule has 1 N–H and O–H groups in total. The highest BCUT2D eigenvalue weighted by Crippen LogP contribution is 2.67. The number of ether oxygens (including phenoxy) is 2. The number of aliphatic hydroxyl groups is 1. The molecule has 3 aliphatic heterocycles. The maximum Gasteiger partial charge on any atom is 0.310 e. The SMILES string of the molecule is C=CCCCCOC(=O)[C@@H]1[C@H]2C(=O)N([C@@H](CO)CC(C)C)C(C(=O)N(CC=C)c3ccc(OC)cc3)C23CC[C@H]1S3. The highest BCUT2D eigenvalue weighted by molar-refractivity contribution is 8.02. The maximum absolute atomic E-state index is 14.7. The van der Waals surface area contributed by atoms with E-state index in [1.54, 1.807) is 46.9 Å². The van der Waals surface area contributed by atoms with Crippen LogP contribution in [0.3, 0.4) is 0 Å². The molecule has 0 radical (unpaired) electrons. The molecular formula is C32H44N2O6S. The van der Waals surface area contributed by atoms with Gasteiger partial charge in [0, 0.05) is 17.5 Å². The molecule has 3 aliphatic rings. The lowest BCUT2D eigenvalue weighted by molar-refractivity contribution is -0.154. The molecule has 0 aliphatic carbocycles.